The number of hydrogen-bond acceptors (Lipinski definition) is 1. The lowest BCUT2D eigenvalue weighted by atomic mass is 10.1. The van der Waals surface area contributed by atoms with Gasteiger partial charge in [-0.2, -0.15) is 0 Å². The van der Waals surface area contributed by atoms with Gasteiger partial charge in [-0.3, -0.25) is 0 Å². The smallest absolute Gasteiger partial charge is 0.0799 e. The molecule has 1 unspecified atom stereocenters. The van der Waals surface area contributed by atoms with Gasteiger partial charge in [0, 0.05) is 9.99 Å². The van der Waals surface area contributed by atoms with Crippen molar-refractivity contribution in [1.82, 2.24) is 0 Å². The van der Waals surface area contributed by atoms with E-state index in [4.69, 9.17) is 11.6 Å². The highest BCUT2D eigenvalue weighted by molar-refractivity contribution is 14.1. The Labute approximate surface area is 109 Å². The van der Waals surface area contributed by atoms with Crippen molar-refractivity contribution in [3.63, 3.8) is 0 Å². The summed E-state index contributed by atoms with van der Waals surface area (Å²) in [4.78, 5) is 0. The number of benzene rings is 1. The van der Waals surface area contributed by atoms with Crippen molar-refractivity contribution in [1.29, 1.82) is 0 Å². The molecule has 0 spiro atoms. The molecule has 0 amide bonds. The third kappa shape index (κ3) is 4.02. The Hall–Kier alpha value is -0.240. The van der Waals surface area contributed by atoms with Crippen molar-refractivity contribution in [2.75, 3.05) is 0 Å². The maximum absolute atomic E-state index is 9.83. The Morgan fingerprint density at radius 3 is 2.87 bits per heavy atom. The lowest BCUT2D eigenvalue weighted by molar-refractivity contribution is 0.169. The summed E-state index contributed by atoms with van der Waals surface area (Å²) in [7, 11) is 0. The van der Waals surface area contributed by atoms with E-state index in [1.807, 2.05) is 18.2 Å². The number of aliphatic hydroxyl groups is 1. The molecule has 1 aromatic rings. The van der Waals surface area contributed by atoms with Crippen LogP contribution >= 0.6 is 34.2 Å². The molecule has 1 aromatic carbocycles. The Morgan fingerprint density at radius 2 is 2.27 bits per heavy atom. The van der Waals surface area contributed by atoms with Gasteiger partial charge >= 0.3 is 0 Å². The summed E-state index contributed by atoms with van der Waals surface area (Å²) in [5.74, 6) is 5.74. The number of rotatable bonds is 3. The molecule has 0 radical (unpaired) electrons. The zero-order chi connectivity index (χ0) is 11.3. The van der Waals surface area contributed by atoms with Gasteiger partial charge in [0.25, 0.3) is 0 Å². The standard InChI is InChI=1S/C12H12ClIO/c1-2-3-4-5-12(15)9-6-7-11(14)10(13)8-9/h6-8,12,15H,4-5H2,1H3. The van der Waals surface area contributed by atoms with Gasteiger partial charge in [-0.05, 0) is 53.6 Å². The van der Waals surface area contributed by atoms with E-state index in [0.29, 0.717) is 17.9 Å². The molecule has 80 valence electrons. The predicted molar refractivity (Wildman–Crippen MR) is 71.8 cm³/mol. The fourth-order valence-corrected chi connectivity index (χ4v) is 1.74. The summed E-state index contributed by atoms with van der Waals surface area (Å²) >= 11 is 8.14. The molecule has 0 saturated carbocycles. The quantitative estimate of drug-likeness (QED) is 0.659. The summed E-state index contributed by atoms with van der Waals surface area (Å²) < 4.78 is 0.999. The molecule has 0 heterocycles. The molecular formula is C12H12ClIO. The maximum atomic E-state index is 9.83. The van der Waals surface area contributed by atoms with Crippen molar-refractivity contribution in [3.8, 4) is 11.8 Å². The molecule has 1 rings (SSSR count). The Balaban J connectivity index is 2.68. The molecule has 0 aliphatic rings. The van der Waals surface area contributed by atoms with Crippen LogP contribution in [-0.4, -0.2) is 5.11 Å². The van der Waals surface area contributed by atoms with E-state index < -0.39 is 6.10 Å². The van der Waals surface area contributed by atoms with E-state index in [0.717, 1.165) is 9.13 Å². The molecule has 1 nitrogen and oxygen atoms in total. The van der Waals surface area contributed by atoms with Crippen LogP contribution < -0.4 is 0 Å². The van der Waals surface area contributed by atoms with Crippen LogP contribution in [0.2, 0.25) is 5.02 Å². The van der Waals surface area contributed by atoms with Crippen molar-refractivity contribution in [3.05, 3.63) is 32.4 Å². The van der Waals surface area contributed by atoms with E-state index in [1.165, 1.54) is 0 Å². The van der Waals surface area contributed by atoms with Gasteiger partial charge in [0.15, 0.2) is 0 Å². The topological polar surface area (TPSA) is 20.2 Å². The molecule has 1 N–H and O–H groups in total. The van der Waals surface area contributed by atoms with Crippen molar-refractivity contribution >= 4 is 34.2 Å². The third-order valence-corrected chi connectivity index (χ3v) is 3.62. The largest absolute Gasteiger partial charge is 0.388 e. The molecule has 0 fully saturated rings. The van der Waals surface area contributed by atoms with E-state index in [1.54, 1.807) is 6.92 Å². The van der Waals surface area contributed by atoms with Gasteiger partial charge in [0.2, 0.25) is 0 Å². The number of halogens is 2. The van der Waals surface area contributed by atoms with Gasteiger partial charge in [0.1, 0.15) is 0 Å². The van der Waals surface area contributed by atoms with Gasteiger partial charge in [-0.25, -0.2) is 0 Å². The van der Waals surface area contributed by atoms with Crippen molar-refractivity contribution in [2.45, 2.75) is 25.9 Å². The fraction of sp³-hybridized carbons (Fsp3) is 0.333. The van der Waals surface area contributed by atoms with Crippen LogP contribution in [0.1, 0.15) is 31.4 Å². The van der Waals surface area contributed by atoms with E-state index >= 15 is 0 Å². The fourth-order valence-electron chi connectivity index (χ4n) is 1.22. The van der Waals surface area contributed by atoms with Crippen LogP contribution in [0, 0.1) is 15.4 Å². The Kier molecular flexibility index (Phi) is 5.44. The monoisotopic (exact) mass is 334 g/mol. The van der Waals surface area contributed by atoms with Crippen molar-refractivity contribution in [2.24, 2.45) is 0 Å². The van der Waals surface area contributed by atoms with Crippen LogP contribution in [0.4, 0.5) is 0 Å². The van der Waals surface area contributed by atoms with Crippen LogP contribution in [0.15, 0.2) is 18.2 Å². The lowest BCUT2D eigenvalue weighted by Gasteiger charge is -2.09. The summed E-state index contributed by atoms with van der Waals surface area (Å²) in [5.41, 5.74) is 0.860. The van der Waals surface area contributed by atoms with E-state index in [9.17, 15) is 5.11 Å². The average molecular weight is 335 g/mol. The van der Waals surface area contributed by atoms with Gasteiger partial charge in [0.05, 0.1) is 11.1 Å². The maximum Gasteiger partial charge on any atom is 0.0799 e. The first-order chi connectivity index (χ1) is 7.15. The number of hydrogen-bond donors (Lipinski definition) is 1. The molecule has 3 heteroatoms. The normalized spacial score (nSPS) is 11.7. The van der Waals surface area contributed by atoms with Gasteiger partial charge in [-0.1, -0.05) is 17.7 Å². The molecule has 1 atom stereocenters. The summed E-state index contributed by atoms with van der Waals surface area (Å²) in [6.45, 7) is 1.80. The molecule has 0 aromatic heterocycles. The number of aliphatic hydroxyl groups excluding tert-OH is 1. The zero-order valence-electron chi connectivity index (χ0n) is 8.43. The molecular weight excluding hydrogens is 322 g/mol. The minimum absolute atomic E-state index is 0.472. The second kappa shape index (κ2) is 6.37. The third-order valence-electron chi connectivity index (χ3n) is 2.05. The molecule has 0 aliphatic carbocycles. The SMILES string of the molecule is CC#CCCC(O)c1ccc(I)c(Cl)c1. The second-order valence-corrected chi connectivity index (χ2v) is 4.72. The average Bonchev–Trinajstić information content (AvgIpc) is 2.22. The molecule has 15 heavy (non-hydrogen) atoms. The molecule has 0 bridgehead atoms. The predicted octanol–water partition coefficient (Wildman–Crippen LogP) is 3.78. The first kappa shape index (κ1) is 12.8. The minimum Gasteiger partial charge on any atom is -0.388 e. The van der Waals surface area contributed by atoms with Crippen molar-refractivity contribution < 1.29 is 5.11 Å². The van der Waals surface area contributed by atoms with Crippen LogP contribution in [0.25, 0.3) is 0 Å². The first-order valence-electron chi connectivity index (χ1n) is 4.67. The van der Waals surface area contributed by atoms with E-state index in [2.05, 4.69) is 34.4 Å². The highest BCUT2D eigenvalue weighted by atomic mass is 127. The summed E-state index contributed by atoms with van der Waals surface area (Å²) in [5, 5.41) is 10.5. The molecule has 0 saturated heterocycles. The lowest BCUT2D eigenvalue weighted by Crippen LogP contribution is -1.97. The first-order valence-corrected chi connectivity index (χ1v) is 6.13. The van der Waals surface area contributed by atoms with E-state index in [-0.39, 0.29) is 0 Å². The Morgan fingerprint density at radius 1 is 1.53 bits per heavy atom. The Bertz CT molecular complexity index is 392. The second-order valence-electron chi connectivity index (χ2n) is 3.15. The summed E-state index contributed by atoms with van der Waals surface area (Å²) in [6.07, 6.45) is 0.888. The highest BCUT2D eigenvalue weighted by Crippen LogP contribution is 2.25. The minimum atomic E-state index is -0.472. The van der Waals surface area contributed by atoms with Gasteiger partial charge < -0.3 is 5.11 Å². The molecule has 0 aliphatic heterocycles. The zero-order valence-corrected chi connectivity index (χ0v) is 11.3. The highest BCUT2D eigenvalue weighted by Gasteiger charge is 2.08. The van der Waals surface area contributed by atoms with Crippen LogP contribution in [0.5, 0.6) is 0 Å². The van der Waals surface area contributed by atoms with Gasteiger partial charge in [-0.15, -0.1) is 11.8 Å². The van der Waals surface area contributed by atoms with Crippen LogP contribution in [0.3, 0.4) is 0 Å². The summed E-state index contributed by atoms with van der Waals surface area (Å²) in [6, 6.07) is 5.62. The van der Waals surface area contributed by atoms with Crippen LogP contribution in [-0.2, 0) is 0 Å².